The van der Waals surface area contributed by atoms with Crippen molar-refractivity contribution in [2.45, 2.75) is 27.7 Å². The Morgan fingerprint density at radius 1 is 0.950 bits per heavy atom. The molecular formula is C16H21BrO2S. The van der Waals surface area contributed by atoms with Gasteiger partial charge in [-0.2, -0.15) is 0 Å². The Morgan fingerprint density at radius 3 is 2.10 bits per heavy atom. The lowest BCUT2D eigenvalue weighted by Crippen LogP contribution is -2.15. The first kappa shape index (κ1) is 17.1. The van der Waals surface area contributed by atoms with E-state index < -0.39 is 0 Å². The SMILES string of the molecule is CC.Cc1ccc(Br)s1.Cc1ccc2c(c1)OCCO2. The lowest BCUT2D eigenvalue weighted by atomic mass is 10.2. The van der Waals surface area contributed by atoms with Gasteiger partial charge in [0.2, 0.25) is 0 Å². The molecule has 0 atom stereocenters. The van der Waals surface area contributed by atoms with Gasteiger partial charge in [-0.15, -0.1) is 11.3 Å². The summed E-state index contributed by atoms with van der Waals surface area (Å²) in [4.78, 5) is 1.35. The van der Waals surface area contributed by atoms with Crippen molar-refractivity contribution in [2.75, 3.05) is 13.2 Å². The van der Waals surface area contributed by atoms with Crippen molar-refractivity contribution in [1.29, 1.82) is 0 Å². The first-order valence-electron chi connectivity index (χ1n) is 6.73. The van der Waals surface area contributed by atoms with Crippen LogP contribution in [0.1, 0.15) is 24.3 Å². The van der Waals surface area contributed by atoms with Crippen molar-refractivity contribution in [3.8, 4) is 11.5 Å². The van der Waals surface area contributed by atoms with E-state index in [-0.39, 0.29) is 0 Å². The van der Waals surface area contributed by atoms with Gasteiger partial charge in [0.1, 0.15) is 13.2 Å². The van der Waals surface area contributed by atoms with Gasteiger partial charge in [-0.05, 0) is 59.6 Å². The highest BCUT2D eigenvalue weighted by Gasteiger charge is 2.09. The lowest BCUT2D eigenvalue weighted by molar-refractivity contribution is 0.171. The predicted octanol–water partition coefficient (Wildman–Crippen LogP) is 5.61. The maximum Gasteiger partial charge on any atom is 0.161 e. The summed E-state index contributed by atoms with van der Waals surface area (Å²) in [6, 6.07) is 10.1. The maximum absolute atomic E-state index is 5.38. The number of hydrogen-bond donors (Lipinski definition) is 0. The second kappa shape index (κ2) is 9.03. The summed E-state index contributed by atoms with van der Waals surface area (Å²) in [5.41, 5.74) is 1.20. The topological polar surface area (TPSA) is 18.5 Å². The minimum absolute atomic E-state index is 0.663. The van der Waals surface area contributed by atoms with Crippen molar-refractivity contribution in [3.63, 3.8) is 0 Å². The molecule has 0 saturated heterocycles. The summed E-state index contributed by atoms with van der Waals surface area (Å²) in [6.45, 7) is 9.46. The molecule has 2 aromatic rings. The van der Waals surface area contributed by atoms with Crippen molar-refractivity contribution >= 4 is 27.3 Å². The van der Waals surface area contributed by atoms with E-state index in [1.165, 1.54) is 14.2 Å². The molecule has 0 spiro atoms. The van der Waals surface area contributed by atoms with Crippen LogP contribution in [-0.4, -0.2) is 13.2 Å². The molecule has 0 bridgehead atoms. The molecule has 0 fully saturated rings. The summed E-state index contributed by atoms with van der Waals surface area (Å²) < 4.78 is 11.9. The van der Waals surface area contributed by atoms with E-state index >= 15 is 0 Å². The molecule has 0 amide bonds. The van der Waals surface area contributed by atoms with E-state index in [1.54, 1.807) is 11.3 Å². The summed E-state index contributed by atoms with van der Waals surface area (Å²) in [7, 11) is 0. The average Bonchev–Trinajstić information content (AvgIpc) is 2.85. The quantitative estimate of drug-likeness (QED) is 0.610. The van der Waals surface area contributed by atoms with Crippen molar-refractivity contribution in [1.82, 2.24) is 0 Å². The van der Waals surface area contributed by atoms with Gasteiger partial charge in [-0.3, -0.25) is 0 Å². The van der Waals surface area contributed by atoms with Crippen molar-refractivity contribution in [3.05, 3.63) is 44.6 Å². The normalized spacial score (nSPS) is 11.7. The Kier molecular flexibility index (Phi) is 7.70. The van der Waals surface area contributed by atoms with Crippen LogP contribution in [0.2, 0.25) is 0 Å². The fraction of sp³-hybridized carbons (Fsp3) is 0.375. The van der Waals surface area contributed by atoms with E-state index in [4.69, 9.17) is 9.47 Å². The fourth-order valence-electron chi connectivity index (χ4n) is 1.56. The summed E-state index contributed by atoms with van der Waals surface area (Å²) in [6.07, 6.45) is 0. The van der Waals surface area contributed by atoms with Crippen LogP contribution < -0.4 is 9.47 Å². The van der Waals surface area contributed by atoms with Gasteiger partial charge in [0.15, 0.2) is 11.5 Å². The molecule has 1 aliphatic heterocycles. The van der Waals surface area contributed by atoms with Gasteiger partial charge >= 0.3 is 0 Å². The number of aryl methyl sites for hydroxylation is 2. The molecule has 0 unspecified atom stereocenters. The van der Waals surface area contributed by atoms with E-state index in [0.717, 1.165) is 11.5 Å². The Morgan fingerprint density at radius 2 is 1.60 bits per heavy atom. The van der Waals surface area contributed by atoms with Crippen molar-refractivity contribution in [2.24, 2.45) is 0 Å². The maximum atomic E-state index is 5.38. The van der Waals surface area contributed by atoms with Gasteiger partial charge in [-0.1, -0.05) is 19.9 Å². The highest BCUT2D eigenvalue weighted by atomic mass is 79.9. The fourth-order valence-corrected chi connectivity index (χ4v) is 3.03. The van der Waals surface area contributed by atoms with Crippen LogP contribution in [0.4, 0.5) is 0 Å². The number of rotatable bonds is 0. The Balaban J connectivity index is 0.000000193. The molecule has 4 heteroatoms. The standard InChI is InChI=1S/C9H10O2.C5H5BrS.C2H6/c1-7-2-3-8-9(6-7)11-5-4-10-8;1-4-2-3-5(6)7-4;1-2/h2-3,6H,4-5H2,1H3;2-3H,1H3;1-2H3. The highest BCUT2D eigenvalue weighted by Crippen LogP contribution is 2.30. The first-order chi connectivity index (χ1) is 9.65. The molecule has 0 N–H and O–H groups in total. The molecule has 2 nitrogen and oxygen atoms in total. The third-order valence-corrected chi connectivity index (χ3v) is 3.94. The zero-order valence-corrected chi connectivity index (χ0v) is 14.8. The third-order valence-electron chi connectivity index (χ3n) is 2.41. The first-order valence-corrected chi connectivity index (χ1v) is 8.34. The lowest BCUT2D eigenvalue weighted by Gasteiger charge is -2.18. The molecular weight excluding hydrogens is 336 g/mol. The smallest absolute Gasteiger partial charge is 0.161 e. The van der Waals surface area contributed by atoms with Gasteiger partial charge in [-0.25, -0.2) is 0 Å². The number of thiophene rings is 1. The zero-order valence-electron chi connectivity index (χ0n) is 12.4. The van der Waals surface area contributed by atoms with Gasteiger partial charge < -0.3 is 9.47 Å². The monoisotopic (exact) mass is 356 g/mol. The summed E-state index contributed by atoms with van der Waals surface area (Å²) in [5.74, 6) is 1.73. The van der Waals surface area contributed by atoms with E-state index in [2.05, 4.69) is 35.0 Å². The van der Waals surface area contributed by atoms with Crippen LogP contribution in [0, 0.1) is 13.8 Å². The van der Waals surface area contributed by atoms with Crippen molar-refractivity contribution < 1.29 is 9.47 Å². The van der Waals surface area contributed by atoms with Crippen LogP contribution in [-0.2, 0) is 0 Å². The summed E-state index contributed by atoms with van der Waals surface area (Å²) >= 11 is 5.11. The average molecular weight is 357 g/mol. The van der Waals surface area contributed by atoms with Crippen LogP contribution in [0.15, 0.2) is 34.1 Å². The molecule has 1 aromatic carbocycles. The number of hydrogen-bond acceptors (Lipinski definition) is 3. The molecule has 1 aromatic heterocycles. The molecule has 0 aliphatic carbocycles. The Hall–Kier alpha value is -1.00. The van der Waals surface area contributed by atoms with Crippen LogP contribution in [0.5, 0.6) is 11.5 Å². The molecule has 0 radical (unpaired) electrons. The second-order valence-corrected chi connectivity index (χ2v) is 6.66. The molecule has 3 rings (SSSR count). The van der Waals surface area contributed by atoms with Gasteiger partial charge in [0.25, 0.3) is 0 Å². The molecule has 2 heterocycles. The zero-order chi connectivity index (χ0) is 15.0. The minimum Gasteiger partial charge on any atom is -0.486 e. The molecule has 0 saturated carbocycles. The van der Waals surface area contributed by atoms with Crippen LogP contribution in [0.25, 0.3) is 0 Å². The summed E-state index contributed by atoms with van der Waals surface area (Å²) in [5, 5.41) is 0. The number of fused-ring (bicyclic) bond motifs is 1. The number of halogens is 1. The Bertz CT molecular complexity index is 506. The van der Waals surface area contributed by atoms with E-state index in [1.807, 2.05) is 39.0 Å². The van der Waals surface area contributed by atoms with E-state index in [9.17, 15) is 0 Å². The predicted molar refractivity (Wildman–Crippen MR) is 90.3 cm³/mol. The highest BCUT2D eigenvalue weighted by molar-refractivity contribution is 9.11. The van der Waals surface area contributed by atoms with Gasteiger partial charge in [0, 0.05) is 4.88 Å². The molecule has 110 valence electrons. The second-order valence-electron chi connectivity index (χ2n) is 4.00. The molecule has 20 heavy (non-hydrogen) atoms. The van der Waals surface area contributed by atoms with Gasteiger partial charge in [0.05, 0.1) is 3.79 Å². The molecule has 1 aliphatic rings. The van der Waals surface area contributed by atoms with Crippen LogP contribution >= 0.6 is 27.3 Å². The number of benzene rings is 1. The van der Waals surface area contributed by atoms with Crippen LogP contribution in [0.3, 0.4) is 0 Å². The number of ether oxygens (including phenoxy) is 2. The largest absolute Gasteiger partial charge is 0.486 e. The minimum atomic E-state index is 0.663. The Labute approximate surface area is 133 Å². The third kappa shape index (κ3) is 5.55. The van der Waals surface area contributed by atoms with E-state index in [0.29, 0.717) is 13.2 Å².